The number of aliphatic hydroxyl groups is 1. The summed E-state index contributed by atoms with van der Waals surface area (Å²) in [4.78, 5) is 45.1. The van der Waals surface area contributed by atoms with Gasteiger partial charge in [-0.15, -0.1) is 0 Å². The van der Waals surface area contributed by atoms with Crippen LogP contribution in [0.5, 0.6) is 11.5 Å². The van der Waals surface area contributed by atoms with Gasteiger partial charge in [-0.25, -0.2) is 24.3 Å². The maximum Gasteiger partial charge on any atom is 0.432 e. The van der Waals surface area contributed by atoms with Crippen molar-refractivity contribution < 1.29 is 43.7 Å². The second-order valence-electron chi connectivity index (χ2n) is 8.64. The highest BCUT2D eigenvalue weighted by atomic mass is 17.3. The van der Waals surface area contributed by atoms with E-state index in [2.05, 4.69) is 4.89 Å². The summed E-state index contributed by atoms with van der Waals surface area (Å²) in [5, 5.41) is 9.96. The maximum atomic E-state index is 13.2. The Morgan fingerprint density at radius 1 is 1.00 bits per heavy atom. The van der Waals surface area contributed by atoms with Gasteiger partial charge in [-0.3, -0.25) is 0 Å². The zero-order valence-electron chi connectivity index (χ0n) is 19.0. The lowest BCUT2D eigenvalue weighted by Crippen LogP contribution is -2.60. The van der Waals surface area contributed by atoms with Crippen molar-refractivity contribution in [2.45, 2.75) is 51.6 Å². The Morgan fingerprint density at radius 2 is 1.55 bits per heavy atom. The first kappa shape index (κ1) is 24.5. The molecule has 0 amide bonds. The van der Waals surface area contributed by atoms with Gasteiger partial charge in [0.15, 0.2) is 6.61 Å². The van der Waals surface area contributed by atoms with Crippen LogP contribution in [0.4, 0.5) is 0 Å². The Bertz CT molecular complexity index is 939. The molecule has 0 spiro atoms. The predicted octanol–water partition coefficient (Wildman–Crippen LogP) is 3.36. The third kappa shape index (κ3) is 5.44. The van der Waals surface area contributed by atoms with Crippen LogP contribution in [0.2, 0.25) is 0 Å². The molecule has 1 aliphatic heterocycles. The molecule has 9 heteroatoms. The molecule has 3 rings (SSSR count). The SMILES string of the molecule is CC(O)CC(C)(C)C(C)(Oc1ccccc1)C(=O)OOC(=O)C1(Oc2ccccc2)COO1. The van der Waals surface area contributed by atoms with Crippen LogP contribution in [0.25, 0.3) is 0 Å². The van der Waals surface area contributed by atoms with Gasteiger partial charge in [0.05, 0.1) is 6.10 Å². The fourth-order valence-electron chi connectivity index (χ4n) is 3.36. The van der Waals surface area contributed by atoms with Crippen LogP contribution in [0.1, 0.15) is 34.1 Å². The van der Waals surface area contributed by atoms with Gasteiger partial charge in [-0.1, -0.05) is 50.2 Å². The van der Waals surface area contributed by atoms with E-state index in [-0.39, 0.29) is 13.0 Å². The van der Waals surface area contributed by atoms with Crippen molar-refractivity contribution in [1.29, 1.82) is 0 Å². The van der Waals surface area contributed by atoms with Gasteiger partial charge in [0.25, 0.3) is 0 Å². The summed E-state index contributed by atoms with van der Waals surface area (Å²) < 4.78 is 11.6. The summed E-state index contributed by atoms with van der Waals surface area (Å²) in [6, 6.07) is 17.1. The molecule has 9 nitrogen and oxygen atoms in total. The molecular weight excluding hydrogens is 432 g/mol. The van der Waals surface area contributed by atoms with Crippen molar-refractivity contribution >= 4 is 11.9 Å². The van der Waals surface area contributed by atoms with Gasteiger partial charge in [0, 0.05) is 5.41 Å². The summed E-state index contributed by atoms with van der Waals surface area (Å²) in [5.74, 6) is -3.25. The average Bonchev–Trinajstić information content (AvgIpc) is 2.74. The third-order valence-electron chi connectivity index (χ3n) is 5.52. The van der Waals surface area contributed by atoms with Gasteiger partial charge in [0.2, 0.25) is 5.60 Å². The van der Waals surface area contributed by atoms with Gasteiger partial charge < -0.3 is 14.6 Å². The van der Waals surface area contributed by atoms with Crippen molar-refractivity contribution in [3.8, 4) is 11.5 Å². The van der Waals surface area contributed by atoms with Crippen LogP contribution in [-0.4, -0.2) is 41.1 Å². The monoisotopic (exact) mass is 460 g/mol. The normalized spacial score (nSPS) is 20.5. The smallest absolute Gasteiger partial charge is 0.432 e. The molecule has 1 N–H and O–H groups in total. The number of carbonyl (C=O) groups excluding carboxylic acids is 2. The van der Waals surface area contributed by atoms with Crippen molar-refractivity contribution in [3.05, 3.63) is 60.7 Å². The van der Waals surface area contributed by atoms with E-state index in [1.54, 1.807) is 81.4 Å². The number of hydrogen-bond acceptors (Lipinski definition) is 9. The first-order chi connectivity index (χ1) is 15.6. The highest BCUT2D eigenvalue weighted by molar-refractivity contribution is 5.83. The van der Waals surface area contributed by atoms with Crippen LogP contribution in [0.15, 0.2) is 60.7 Å². The molecule has 2 aromatic carbocycles. The molecule has 2 aromatic rings. The van der Waals surface area contributed by atoms with E-state index in [4.69, 9.17) is 24.1 Å². The van der Waals surface area contributed by atoms with Gasteiger partial charge in [-0.05, 0) is 44.5 Å². The Morgan fingerprint density at radius 3 is 2.03 bits per heavy atom. The predicted molar refractivity (Wildman–Crippen MR) is 115 cm³/mol. The van der Waals surface area contributed by atoms with Gasteiger partial charge in [-0.2, -0.15) is 4.89 Å². The average molecular weight is 460 g/mol. The molecule has 0 aliphatic carbocycles. The van der Waals surface area contributed by atoms with Crippen LogP contribution in [0, 0.1) is 5.41 Å². The largest absolute Gasteiger partial charge is 0.475 e. The maximum absolute atomic E-state index is 13.2. The molecule has 0 bridgehead atoms. The quantitative estimate of drug-likeness (QED) is 0.445. The lowest BCUT2D eigenvalue weighted by Gasteiger charge is -2.42. The van der Waals surface area contributed by atoms with E-state index in [0.29, 0.717) is 11.5 Å². The Labute approximate surface area is 192 Å². The van der Waals surface area contributed by atoms with Crippen molar-refractivity contribution in [3.63, 3.8) is 0 Å². The molecule has 1 aliphatic rings. The van der Waals surface area contributed by atoms with E-state index in [1.165, 1.54) is 6.92 Å². The lowest BCUT2D eigenvalue weighted by molar-refractivity contribution is -0.509. The summed E-state index contributed by atoms with van der Waals surface area (Å²) >= 11 is 0. The van der Waals surface area contributed by atoms with Crippen LogP contribution in [0.3, 0.4) is 0 Å². The Hall–Kier alpha value is -3.14. The number of para-hydroxylation sites is 2. The zero-order valence-corrected chi connectivity index (χ0v) is 19.0. The summed E-state index contributed by atoms with van der Waals surface area (Å²) in [5.41, 5.74) is -2.55. The summed E-state index contributed by atoms with van der Waals surface area (Å²) in [6.45, 7) is 6.35. The van der Waals surface area contributed by atoms with E-state index in [0.717, 1.165) is 0 Å². The minimum Gasteiger partial charge on any atom is -0.475 e. The van der Waals surface area contributed by atoms with Gasteiger partial charge in [0.1, 0.15) is 11.5 Å². The Kier molecular flexibility index (Phi) is 7.26. The number of aliphatic hydroxyl groups excluding tert-OH is 1. The van der Waals surface area contributed by atoms with Gasteiger partial charge >= 0.3 is 17.7 Å². The molecular formula is C24H28O9. The van der Waals surface area contributed by atoms with E-state index in [1.807, 2.05) is 0 Å². The first-order valence-corrected chi connectivity index (χ1v) is 10.5. The fourth-order valence-corrected chi connectivity index (χ4v) is 3.36. The van der Waals surface area contributed by atoms with Crippen molar-refractivity contribution in [2.75, 3.05) is 6.61 Å². The van der Waals surface area contributed by atoms with E-state index >= 15 is 0 Å². The minimum atomic E-state index is -1.91. The molecule has 0 aromatic heterocycles. The molecule has 3 atom stereocenters. The molecule has 33 heavy (non-hydrogen) atoms. The standard InChI is InChI=1S/C24H28O9/c1-17(25)15-22(2,3)23(4,29-18-11-7-5-8-12-18)20(26)31-32-21(27)24(16-28-33-24)30-19-13-9-6-10-14-19/h5-14,17,25H,15-16H2,1-4H3. The number of rotatable bonds is 9. The first-order valence-electron chi connectivity index (χ1n) is 10.5. The van der Waals surface area contributed by atoms with Crippen LogP contribution >= 0.6 is 0 Å². The highest BCUT2D eigenvalue weighted by Gasteiger charge is 2.57. The van der Waals surface area contributed by atoms with Crippen LogP contribution in [-0.2, 0) is 29.1 Å². The number of ether oxygens (including phenoxy) is 2. The third-order valence-corrected chi connectivity index (χ3v) is 5.52. The zero-order chi connectivity index (χ0) is 24.1. The molecule has 1 heterocycles. The molecule has 1 saturated heterocycles. The second-order valence-corrected chi connectivity index (χ2v) is 8.64. The number of hydrogen-bond donors (Lipinski definition) is 1. The van der Waals surface area contributed by atoms with E-state index in [9.17, 15) is 14.7 Å². The van der Waals surface area contributed by atoms with Crippen LogP contribution < -0.4 is 9.47 Å². The molecule has 1 fully saturated rings. The summed E-state index contributed by atoms with van der Waals surface area (Å²) in [6.07, 6.45) is -0.519. The topological polar surface area (TPSA) is 110 Å². The molecule has 3 unspecified atom stereocenters. The minimum absolute atomic E-state index is 0.206. The van der Waals surface area contributed by atoms with E-state index < -0.39 is 34.8 Å². The number of carbonyl (C=O) groups is 2. The Balaban J connectivity index is 1.75. The number of benzene rings is 2. The fraction of sp³-hybridized carbons (Fsp3) is 0.417. The molecule has 178 valence electrons. The second kappa shape index (κ2) is 9.78. The lowest BCUT2D eigenvalue weighted by atomic mass is 9.72. The molecule has 0 saturated carbocycles. The van der Waals surface area contributed by atoms with Crippen molar-refractivity contribution in [1.82, 2.24) is 0 Å². The highest BCUT2D eigenvalue weighted by Crippen LogP contribution is 2.40. The summed E-state index contributed by atoms with van der Waals surface area (Å²) in [7, 11) is 0. The van der Waals surface area contributed by atoms with Crippen molar-refractivity contribution in [2.24, 2.45) is 5.41 Å². The molecule has 0 radical (unpaired) electrons.